The normalized spacial score (nSPS) is 14.3. The van der Waals surface area contributed by atoms with E-state index in [9.17, 15) is 41.0 Å². The number of ketones is 1. The number of rotatable bonds is 5. The zero-order valence-electron chi connectivity index (χ0n) is 19.3. The number of carboxylic acid groups (broad SMARTS) is 1. The number of carboxylic acids is 1. The Morgan fingerprint density at radius 2 is 1.62 bits per heavy atom. The highest BCUT2D eigenvalue weighted by atomic mass is 19.4. The van der Waals surface area contributed by atoms with Gasteiger partial charge in [-0.1, -0.05) is 31.2 Å². The summed E-state index contributed by atoms with van der Waals surface area (Å²) in [7, 11) is 0. The molecule has 0 radical (unpaired) electrons. The smallest absolute Gasteiger partial charge is 0.416 e. The van der Waals surface area contributed by atoms with E-state index in [1.165, 1.54) is 24.3 Å². The van der Waals surface area contributed by atoms with E-state index in [1.54, 1.807) is 6.92 Å². The van der Waals surface area contributed by atoms with Gasteiger partial charge in [0.2, 0.25) is 0 Å². The van der Waals surface area contributed by atoms with Crippen molar-refractivity contribution in [2.75, 3.05) is 0 Å². The summed E-state index contributed by atoms with van der Waals surface area (Å²) in [4.78, 5) is 24.8. The van der Waals surface area contributed by atoms with Crippen LogP contribution in [0.4, 0.5) is 26.3 Å². The molecule has 0 fully saturated rings. The molecule has 0 bridgehead atoms. The van der Waals surface area contributed by atoms with Crippen LogP contribution in [0.2, 0.25) is 0 Å². The predicted octanol–water partition coefficient (Wildman–Crippen LogP) is 5.68. The van der Waals surface area contributed by atoms with E-state index in [1.807, 2.05) is 0 Å². The van der Waals surface area contributed by atoms with E-state index in [0.717, 1.165) is 30.3 Å². The lowest BCUT2D eigenvalue weighted by atomic mass is 9.83. The third-order valence-electron chi connectivity index (χ3n) is 6.28. The molecule has 1 aliphatic rings. The maximum absolute atomic E-state index is 13.3. The molecule has 4 rings (SSSR count). The minimum Gasteiger partial charge on any atom is -0.550 e. The van der Waals surface area contributed by atoms with Gasteiger partial charge in [0.1, 0.15) is 12.4 Å². The van der Waals surface area contributed by atoms with Crippen molar-refractivity contribution in [2.45, 2.75) is 44.6 Å². The van der Waals surface area contributed by atoms with E-state index >= 15 is 0 Å². The highest BCUT2D eigenvalue weighted by Gasteiger charge is 2.34. The van der Waals surface area contributed by atoms with Crippen LogP contribution in [0.3, 0.4) is 0 Å². The summed E-state index contributed by atoms with van der Waals surface area (Å²) >= 11 is 0. The monoisotopic (exact) mass is 521 g/mol. The van der Waals surface area contributed by atoms with Crippen molar-refractivity contribution >= 4 is 11.8 Å². The molecule has 194 valence electrons. The largest absolute Gasteiger partial charge is 0.550 e. The second-order valence-electron chi connectivity index (χ2n) is 8.67. The number of hydrogen-bond acceptors (Lipinski definition) is 4. The van der Waals surface area contributed by atoms with E-state index in [-0.39, 0.29) is 46.6 Å². The Morgan fingerprint density at radius 1 is 0.946 bits per heavy atom. The van der Waals surface area contributed by atoms with E-state index < -0.39 is 47.6 Å². The maximum Gasteiger partial charge on any atom is 0.416 e. The van der Waals surface area contributed by atoms with Gasteiger partial charge < -0.3 is 14.6 Å². The van der Waals surface area contributed by atoms with Gasteiger partial charge in [-0.2, -0.15) is 26.3 Å². The standard InChI is InChI=1S/C27H20F6O4/c1-2-19(14-4-3-5-17(8-14)26(28,29)30)21-12-23-22(10-15(21)11-24(34)35)25(36)20-7-6-18(27(31,32)33)9-16(20)13-37-23/h3-10,12,19H,2,11,13H2,1H3,(H,34,35)/p-1. The van der Waals surface area contributed by atoms with Gasteiger partial charge in [0.15, 0.2) is 5.78 Å². The van der Waals surface area contributed by atoms with E-state index in [0.29, 0.717) is 5.56 Å². The first-order valence-electron chi connectivity index (χ1n) is 11.2. The molecule has 0 spiro atoms. The molecule has 3 aromatic rings. The van der Waals surface area contributed by atoms with Crippen LogP contribution in [0, 0.1) is 0 Å². The zero-order valence-corrected chi connectivity index (χ0v) is 19.3. The van der Waals surface area contributed by atoms with Crippen LogP contribution in [-0.4, -0.2) is 11.8 Å². The zero-order chi connectivity index (χ0) is 27.1. The molecule has 1 unspecified atom stereocenters. The van der Waals surface area contributed by atoms with Crippen molar-refractivity contribution < 1.29 is 45.8 Å². The first kappa shape index (κ1) is 26.2. The minimum absolute atomic E-state index is 0.00252. The summed E-state index contributed by atoms with van der Waals surface area (Å²) < 4.78 is 85.2. The fourth-order valence-electron chi connectivity index (χ4n) is 4.55. The fourth-order valence-corrected chi connectivity index (χ4v) is 4.55. The molecule has 0 saturated carbocycles. The first-order valence-corrected chi connectivity index (χ1v) is 11.2. The van der Waals surface area contributed by atoms with Gasteiger partial charge in [0.25, 0.3) is 0 Å². The Balaban J connectivity index is 1.84. The average molecular weight is 521 g/mol. The SMILES string of the molecule is CCC(c1cccc(C(F)(F)F)c1)c1cc2c(cc1CC(=O)[O-])C(=O)c1ccc(C(F)(F)F)cc1CO2. The van der Waals surface area contributed by atoms with E-state index in [4.69, 9.17) is 4.74 Å². The molecule has 0 amide bonds. The van der Waals surface area contributed by atoms with Gasteiger partial charge in [-0.3, -0.25) is 4.79 Å². The van der Waals surface area contributed by atoms with Gasteiger partial charge in [0.05, 0.1) is 16.7 Å². The van der Waals surface area contributed by atoms with Gasteiger partial charge in [-0.15, -0.1) is 0 Å². The molecule has 0 aromatic heterocycles. The molecule has 0 saturated heterocycles. The number of ether oxygens (including phenoxy) is 1. The van der Waals surface area contributed by atoms with Crippen molar-refractivity contribution in [3.05, 3.63) is 99.1 Å². The van der Waals surface area contributed by atoms with Crippen molar-refractivity contribution in [1.82, 2.24) is 0 Å². The third-order valence-corrected chi connectivity index (χ3v) is 6.28. The minimum atomic E-state index is -4.63. The van der Waals surface area contributed by atoms with Crippen LogP contribution in [0.15, 0.2) is 54.6 Å². The molecule has 1 aliphatic heterocycles. The Morgan fingerprint density at radius 3 is 2.24 bits per heavy atom. The summed E-state index contributed by atoms with van der Waals surface area (Å²) in [6, 6.07) is 9.92. The van der Waals surface area contributed by atoms with Gasteiger partial charge in [0, 0.05) is 29.4 Å². The second-order valence-corrected chi connectivity index (χ2v) is 8.67. The third kappa shape index (κ3) is 5.33. The summed E-state index contributed by atoms with van der Waals surface area (Å²) in [6.07, 6.45) is -9.58. The topological polar surface area (TPSA) is 66.4 Å². The molecule has 4 nitrogen and oxygen atoms in total. The molecule has 0 N–H and O–H groups in total. The summed E-state index contributed by atoms with van der Waals surface area (Å²) in [5.41, 5.74) is -1.18. The molecule has 37 heavy (non-hydrogen) atoms. The predicted molar refractivity (Wildman–Crippen MR) is 118 cm³/mol. The summed E-state index contributed by atoms with van der Waals surface area (Å²) in [6.45, 7) is 1.34. The lowest BCUT2D eigenvalue weighted by Gasteiger charge is -2.23. The Hall–Kier alpha value is -3.82. The van der Waals surface area contributed by atoms with Gasteiger partial charge in [-0.05, 0) is 53.4 Å². The molecular weight excluding hydrogens is 502 g/mol. The van der Waals surface area contributed by atoms with Crippen molar-refractivity contribution in [1.29, 1.82) is 0 Å². The number of benzene rings is 3. The number of carbonyl (C=O) groups excluding carboxylic acids is 2. The van der Waals surface area contributed by atoms with Crippen molar-refractivity contribution in [2.24, 2.45) is 0 Å². The lowest BCUT2D eigenvalue weighted by molar-refractivity contribution is -0.304. The summed E-state index contributed by atoms with van der Waals surface area (Å²) in [5.74, 6) is -2.83. The summed E-state index contributed by atoms with van der Waals surface area (Å²) in [5, 5.41) is 11.5. The van der Waals surface area contributed by atoms with Crippen LogP contribution >= 0.6 is 0 Å². The second kappa shape index (κ2) is 9.57. The molecular formula is C27H19F6O4-. The number of halogens is 6. The Kier molecular flexibility index (Phi) is 6.79. The molecule has 1 atom stereocenters. The number of hydrogen-bond donors (Lipinski definition) is 0. The van der Waals surface area contributed by atoms with Crippen LogP contribution in [0.1, 0.15) is 68.6 Å². The van der Waals surface area contributed by atoms with Crippen LogP contribution < -0.4 is 9.84 Å². The van der Waals surface area contributed by atoms with Crippen LogP contribution in [0.5, 0.6) is 5.75 Å². The van der Waals surface area contributed by atoms with Crippen molar-refractivity contribution in [3.63, 3.8) is 0 Å². The van der Waals surface area contributed by atoms with Crippen LogP contribution in [0.25, 0.3) is 0 Å². The first-order chi connectivity index (χ1) is 17.3. The number of alkyl halides is 6. The maximum atomic E-state index is 13.3. The van der Waals surface area contributed by atoms with Gasteiger partial charge in [-0.25, -0.2) is 0 Å². The van der Waals surface area contributed by atoms with Crippen LogP contribution in [-0.2, 0) is 30.2 Å². The number of aliphatic carboxylic acids is 1. The quantitative estimate of drug-likeness (QED) is 0.405. The number of carbonyl (C=O) groups is 2. The Bertz CT molecular complexity index is 1370. The number of fused-ring (bicyclic) bond motifs is 2. The Labute approximate surface area is 207 Å². The van der Waals surface area contributed by atoms with Gasteiger partial charge >= 0.3 is 12.4 Å². The fraction of sp³-hybridized carbons (Fsp3) is 0.259. The lowest BCUT2D eigenvalue weighted by Crippen LogP contribution is -2.25. The highest BCUT2D eigenvalue weighted by Crippen LogP contribution is 2.40. The molecule has 0 aliphatic carbocycles. The average Bonchev–Trinajstić information content (AvgIpc) is 2.95. The molecule has 3 aromatic carbocycles. The molecule has 10 heteroatoms. The highest BCUT2D eigenvalue weighted by molar-refractivity contribution is 6.12. The van der Waals surface area contributed by atoms with Crippen molar-refractivity contribution in [3.8, 4) is 5.75 Å². The molecule has 1 heterocycles. The van der Waals surface area contributed by atoms with E-state index in [2.05, 4.69) is 0 Å².